The SMILES string of the molecule is CN(C)c1ccc(CNC(=O)Cn2c(-c3ccc(Cl)cc3)n[nH]c2=S)cn1. The molecule has 2 heterocycles. The predicted octanol–water partition coefficient (Wildman–Crippen LogP) is 3.04. The fraction of sp³-hybridized carbons (Fsp3) is 0.222. The number of hydrogen-bond donors (Lipinski definition) is 2. The number of halogens is 1. The highest BCUT2D eigenvalue weighted by molar-refractivity contribution is 7.71. The quantitative estimate of drug-likeness (QED) is 0.619. The molecule has 2 aromatic heterocycles. The molecule has 3 aromatic rings. The Kier molecular flexibility index (Phi) is 5.88. The van der Waals surface area contributed by atoms with Gasteiger partial charge in [-0.3, -0.25) is 14.5 Å². The first-order valence-electron chi connectivity index (χ1n) is 8.24. The Morgan fingerprint density at radius 3 is 2.63 bits per heavy atom. The van der Waals surface area contributed by atoms with Crippen molar-refractivity contribution in [3.63, 3.8) is 0 Å². The molecule has 0 fully saturated rings. The van der Waals surface area contributed by atoms with Gasteiger partial charge < -0.3 is 10.2 Å². The average Bonchev–Trinajstić information content (AvgIpc) is 3.01. The second kappa shape index (κ2) is 8.32. The van der Waals surface area contributed by atoms with Crippen molar-refractivity contribution in [2.75, 3.05) is 19.0 Å². The second-order valence-corrected chi connectivity index (χ2v) is 6.96. The third-order valence-corrected chi connectivity index (χ3v) is 4.48. The molecular formula is C18H19ClN6OS. The molecule has 7 nitrogen and oxygen atoms in total. The highest BCUT2D eigenvalue weighted by Gasteiger charge is 2.12. The fourth-order valence-electron chi connectivity index (χ4n) is 2.47. The minimum atomic E-state index is -0.167. The zero-order valence-corrected chi connectivity index (χ0v) is 16.5. The van der Waals surface area contributed by atoms with E-state index in [1.807, 2.05) is 43.3 Å². The normalized spacial score (nSPS) is 10.6. The molecule has 0 aliphatic heterocycles. The van der Waals surface area contributed by atoms with Gasteiger partial charge in [0.15, 0.2) is 10.6 Å². The molecule has 0 atom stereocenters. The van der Waals surface area contributed by atoms with Gasteiger partial charge in [0.2, 0.25) is 5.91 Å². The summed E-state index contributed by atoms with van der Waals surface area (Å²) in [5.74, 6) is 1.28. The van der Waals surface area contributed by atoms with E-state index in [1.165, 1.54) is 0 Å². The number of aromatic amines is 1. The van der Waals surface area contributed by atoms with Crippen LogP contribution in [0.2, 0.25) is 5.02 Å². The number of hydrogen-bond acceptors (Lipinski definition) is 5. The monoisotopic (exact) mass is 402 g/mol. The average molecular weight is 403 g/mol. The fourth-order valence-corrected chi connectivity index (χ4v) is 2.79. The number of rotatable bonds is 6. The van der Waals surface area contributed by atoms with Gasteiger partial charge in [-0.15, -0.1) is 0 Å². The zero-order valence-electron chi connectivity index (χ0n) is 14.9. The third-order valence-electron chi connectivity index (χ3n) is 3.92. The molecule has 0 bridgehead atoms. The van der Waals surface area contributed by atoms with E-state index in [9.17, 15) is 4.79 Å². The van der Waals surface area contributed by atoms with E-state index in [2.05, 4.69) is 20.5 Å². The van der Waals surface area contributed by atoms with Gasteiger partial charge in [-0.25, -0.2) is 4.98 Å². The van der Waals surface area contributed by atoms with Gasteiger partial charge in [0.05, 0.1) is 0 Å². The Morgan fingerprint density at radius 1 is 1.26 bits per heavy atom. The smallest absolute Gasteiger partial charge is 0.240 e. The summed E-state index contributed by atoms with van der Waals surface area (Å²) in [6.07, 6.45) is 1.75. The molecular weight excluding hydrogens is 384 g/mol. The Hall–Kier alpha value is -2.71. The van der Waals surface area contributed by atoms with E-state index in [4.69, 9.17) is 23.8 Å². The highest BCUT2D eigenvalue weighted by atomic mass is 35.5. The maximum atomic E-state index is 12.4. The molecule has 0 unspecified atom stereocenters. The molecule has 1 amide bonds. The van der Waals surface area contributed by atoms with Gasteiger partial charge >= 0.3 is 0 Å². The van der Waals surface area contributed by atoms with Crippen LogP contribution in [0.5, 0.6) is 0 Å². The van der Waals surface area contributed by atoms with Crippen LogP contribution in [0.3, 0.4) is 0 Å². The number of nitrogens with one attached hydrogen (secondary N) is 2. The number of amides is 1. The van der Waals surface area contributed by atoms with Crippen LogP contribution in [0.1, 0.15) is 5.56 Å². The molecule has 9 heteroatoms. The summed E-state index contributed by atoms with van der Waals surface area (Å²) in [5, 5.41) is 10.5. The first-order chi connectivity index (χ1) is 12.9. The Morgan fingerprint density at radius 2 is 2.00 bits per heavy atom. The van der Waals surface area contributed by atoms with Crippen LogP contribution in [-0.4, -0.2) is 39.8 Å². The van der Waals surface area contributed by atoms with Gasteiger partial charge in [0, 0.05) is 37.4 Å². The molecule has 0 radical (unpaired) electrons. The number of nitrogens with zero attached hydrogens (tertiary/aromatic N) is 4. The van der Waals surface area contributed by atoms with Gasteiger partial charge in [0.25, 0.3) is 0 Å². The Balaban J connectivity index is 1.67. The lowest BCUT2D eigenvalue weighted by molar-refractivity contribution is -0.121. The van der Waals surface area contributed by atoms with Crippen LogP contribution in [0, 0.1) is 4.77 Å². The minimum absolute atomic E-state index is 0.0660. The summed E-state index contributed by atoms with van der Waals surface area (Å²) in [7, 11) is 3.85. The minimum Gasteiger partial charge on any atom is -0.363 e. The maximum Gasteiger partial charge on any atom is 0.240 e. The second-order valence-electron chi connectivity index (χ2n) is 6.14. The van der Waals surface area contributed by atoms with E-state index in [0.29, 0.717) is 22.2 Å². The van der Waals surface area contributed by atoms with Gasteiger partial charge in [-0.2, -0.15) is 5.10 Å². The standard InChI is InChI=1S/C18H19ClN6OS/c1-24(2)15-8-3-12(9-20-15)10-21-16(26)11-25-17(22-23-18(25)27)13-4-6-14(19)7-5-13/h3-9H,10-11H2,1-2H3,(H,21,26)(H,23,27). The third kappa shape index (κ3) is 4.72. The van der Waals surface area contributed by atoms with Crippen molar-refractivity contribution in [2.24, 2.45) is 0 Å². The number of aromatic nitrogens is 4. The Bertz CT molecular complexity index is 978. The lowest BCUT2D eigenvalue weighted by Gasteiger charge is -2.12. The van der Waals surface area contributed by atoms with Crippen molar-refractivity contribution in [2.45, 2.75) is 13.1 Å². The van der Waals surface area contributed by atoms with Gasteiger partial charge in [-0.05, 0) is 48.1 Å². The largest absolute Gasteiger partial charge is 0.363 e. The van der Waals surface area contributed by atoms with Crippen molar-refractivity contribution in [1.82, 2.24) is 25.1 Å². The highest BCUT2D eigenvalue weighted by Crippen LogP contribution is 2.19. The lowest BCUT2D eigenvalue weighted by Crippen LogP contribution is -2.27. The van der Waals surface area contributed by atoms with Crippen LogP contribution in [-0.2, 0) is 17.9 Å². The van der Waals surface area contributed by atoms with E-state index in [0.717, 1.165) is 16.9 Å². The molecule has 0 aliphatic rings. The van der Waals surface area contributed by atoms with Crippen molar-refractivity contribution in [3.8, 4) is 11.4 Å². The molecule has 0 aliphatic carbocycles. The van der Waals surface area contributed by atoms with Crippen LogP contribution in [0.15, 0.2) is 42.6 Å². The number of carbonyl (C=O) groups excluding carboxylic acids is 1. The number of H-pyrrole nitrogens is 1. The van der Waals surface area contributed by atoms with E-state index in [1.54, 1.807) is 22.9 Å². The van der Waals surface area contributed by atoms with Gasteiger partial charge in [-0.1, -0.05) is 17.7 Å². The molecule has 2 N–H and O–H groups in total. The molecule has 140 valence electrons. The van der Waals surface area contributed by atoms with E-state index >= 15 is 0 Å². The number of carbonyl (C=O) groups is 1. The molecule has 0 saturated carbocycles. The zero-order chi connectivity index (χ0) is 19.4. The van der Waals surface area contributed by atoms with Crippen molar-refractivity contribution in [3.05, 3.63) is 58.0 Å². The van der Waals surface area contributed by atoms with Crippen molar-refractivity contribution >= 4 is 35.5 Å². The number of pyridine rings is 1. The van der Waals surface area contributed by atoms with Crippen molar-refractivity contribution in [1.29, 1.82) is 0 Å². The van der Waals surface area contributed by atoms with Crippen LogP contribution in [0.25, 0.3) is 11.4 Å². The summed E-state index contributed by atoms with van der Waals surface area (Å²) in [6, 6.07) is 11.0. The van der Waals surface area contributed by atoms with Crippen LogP contribution in [0.4, 0.5) is 5.82 Å². The summed E-state index contributed by atoms with van der Waals surface area (Å²) < 4.78 is 2.04. The summed E-state index contributed by atoms with van der Waals surface area (Å²) in [6.45, 7) is 0.456. The molecule has 0 saturated heterocycles. The van der Waals surface area contributed by atoms with E-state index < -0.39 is 0 Å². The van der Waals surface area contributed by atoms with Crippen LogP contribution < -0.4 is 10.2 Å². The molecule has 27 heavy (non-hydrogen) atoms. The van der Waals surface area contributed by atoms with Gasteiger partial charge in [0.1, 0.15) is 12.4 Å². The van der Waals surface area contributed by atoms with E-state index in [-0.39, 0.29) is 12.5 Å². The topological polar surface area (TPSA) is 78.8 Å². The molecule has 0 spiro atoms. The summed E-state index contributed by atoms with van der Waals surface area (Å²) in [4.78, 5) is 18.6. The number of anilines is 1. The first-order valence-corrected chi connectivity index (χ1v) is 9.03. The first kappa shape index (κ1) is 19.1. The summed E-state index contributed by atoms with van der Waals surface area (Å²) in [5.41, 5.74) is 1.74. The molecule has 3 rings (SSSR count). The maximum absolute atomic E-state index is 12.4. The van der Waals surface area contributed by atoms with Crippen molar-refractivity contribution < 1.29 is 4.79 Å². The predicted molar refractivity (Wildman–Crippen MR) is 108 cm³/mol. The van der Waals surface area contributed by atoms with Crippen LogP contribution >= 0.6 is 23.8 Å². The molecule has 1 aromatic carbocycles. The number of benzene rings is 1. The lowest BCUT2D eigenvalue weighted by atomic mass is 10.2. The summed E-state index contributed by atoms with van der Waals surface area (Å²) >= 11 is 11.2. The Labute approximate surface area is 167 Å².